The Morgan fingerprint density at radius 3 is 1.71 bits per heavy atom. The van der Waals surface area contributed by atoms with Crippen LogP contribution in [-0.2, 0) is 0 Å². The number of aliphatic hydroxyl groups is 1. The molecule has 0 spiro atoms. The average molecular weight is 201 g/mol. The summed E-state index contributed by atoms with van der Waals surface area (Å²) in [5.41, 5.74) is 7.68. The molecule has 0 radical (unpaired) electrons. The van der Waals surface area contributed by atoms with Crippen LogP contribution >= 0.6 is 0 Å². The van der Waals surface area contributed by atoms with Crippen LogP contribution in [0.15, 0.2) is 25.1 Å². The van der Waals surface area contributed by atoms with E-state index in [0.717, 1.165) is 0 Å². The zero-order valence-electron chi connectivity index (χ0n) is 9.00. The van der Waals surface area contributed by atoms with Crippen molar-refractivity contribution >= 4 is 0 Å². The van der Waals surface area contributed by atoms with Crippen molar-refractivity contribution in [3.05, 3.63) is 25.1 Å². The van der Waals surface area contributed by atoms with E-state index in [1.165, 1.54) is 31.9 Å². The lowest BCUT2D eigenvalue weighted by molar-refractivity contribution is 0.222. The fourth-order valence-corrected chi connectivity index (χ4v) is 0.558. The van der Waals surface area contributed by atoms with Gasteiger partial charge in [-0.15, -0.1) is 13.2 Å². The number of rotatable bonds is 2. The van der Waals surface area contributed by atoms with Gasteiger partial charge in [0.1, 0.15) is 0 Å². The smallest absolute Gasteiger partial charge is 0.0934 e. The van der Waals surface area contributed by atoms with Crippen LogP contribution in [0.1, 0.15) is 32.6 Å². The monoisotopic (exact) mass is 201 g/mol. The lowest BCUT2D eigenvalue weighted by atomic mass is 10.0. The van der Waals surface area contributed by atoms with Gasteiger partial charge in [-0.05, 0) is 6.92 Å². The van der Waals surface area contributed by atoms with Gasteiger partial charge in [0.05, 0.1) is 11.8 Å². The zero-order chi connectivity index (χ0) is 11.4. The van der Waals surface area contributed by atoms with E-state index in [0.29, 0.717) is 5.70 Å². The Labute approximate surface area is 86.6 Å². The SMILES string of the molecule is C1CCC1.C=C.CC(O)/C(=C/N)NN. The maximum Gasteiger partial charge on any atom is 0.0934 e. The lowest BCUT2D eigenvalue weighted by Crippen LogP contribution is -2.28. The minimum Gasteiger partial charge on any atom is -0.403 e. The number of hydrogen-bond acceptors (Lipinski definition) is 4. The van der Waals surface area contributed by atoms with E-state index in [2.05, 4.69) is 18.6 Å². The summed E-state index contributed by atoms with van der Waals surface area (Å²) >= 11 is 0. The van der Waals surface area contributed by atoms with Gasteiger partial charge in [-0.25, -0.2) is 0 Å². The summed E-state index contributed by atoms with van der Waals surface area (Å²) in [6, 6.07) is 0. The largest absolute Gasteiger partial charge is 0.403 e. The van der Waals surface area contributed by atoms with Gasteiger partial charge in [-0.3, -0.25) is 5.84 Å². The molecular weight excluding hydrogens is 178 g/mol. The summed E-state index contributed by atoms with van der Waals surface area (Å²) in [6.07, 6.45) is 6.61. The Balaban J connectivity index is 0. The molecule has 0 bridgehead atoms. The van der Waals surface area contributed by atoms with Gasteiger partial charge in [0, 0.05) is 6.20 Å². The topological polar surface area (TPSA) is 84.3 Å². The van der Waals surface area contributed by atoms with E-state index >= 15 is 0 Å². The molecule has 0 saturated heterocycles. The molecule has 1 unspecified atom stereocenters. The predicted molar refractivity (Wildman–Crippen MR) is 61.0 cm³/mol. The van der Waals surface area contributed by atoms with Crippen LogP contribution in [-0.4, -0.2) is 11.2 Å². The van der Waals surface area contributed by atoms with Gasteiger partial charge in [-0.2, -0.15) is 0 Å². The van der Waals surface area contributed by atoms with Crippen molar-refractivity contribution in [1.29, 1.82) is 0 Å². The zero-order valence-corrected chi connectivity index (χ0v) is 9.00. The second-order valence-corrected chi connectivity index (χ2v) is 2.86. The quantitative estimate of drug-likeness (QED) is 0.305. The molecule has 1 fully saturated rings. The summed E-state index contributed by atoms with van der Waals surface area (Å²) in [7, 11) is 0. The molecule has 4 nitrogen and oxygen atoms in total. The van der Waals surface area contributed by atoms with Crippen LogP contribution in [0.3, 0.4) is 0 Å². The number of hydrazine groups is 1. The van der Waals surface area contributed by atoms with E-state index in [-0.39, 0.29) is 0 Å². The van der Waals surface area contributed by atoms with Gasteiger partial charge >= 0.3 is 0 Å². The third-order valence-corrected chi connectivity index (χ3v) is 1.80. The van der Waals surface area contributed by atoms with Crippen molar-refractivity contribution in [3.8, 4) is 0 Å². The van der Waals surface area contributed by atoms with Crippen molar-refractivity contribution < 1.29 is 5.11 Å². The van der Waals surface area contributed by atoms with Gasteiger partial charge in [-0.1, -0.05) is 25.7 Å². The van der Waals surface area contributed by atoms with Crippen molar-refractivity contribution in [2.45, 2.75) is 38.7 Å². The van der Waals surface area contributed by atoms with Crippen molar-refractivity contribution in [3.63, 3.8) is 0 Å². The van der Waals surface area contributed by atoms with E-state index in [9.17, 15) is 0 Å². The molecule has 1 atom stereocenters. The number of nitrogens with one attached hydrogen (secondary N) is 1. The molecule has 6 N–H and O–H groups in total. The summed E-state index contributed by atoms with van der Waals surface area (Å²) in [6.45, 7) is 7.57. The normalized spacial score (nSPS) is 16.1. The lowest BCUT2D eigenvalue weighted by Gasteiger charge is -2.06. The molecule has 4 heteroatoms. The number of nitrogens with two attached hydrogens (primary N) is 2. The molecule has 1 saturated carbocycles. The third kappa shape index (κ3) is 9.09. The molecule has 0 aromatic carbocycles. The molecule has 0 heterocycles. The Kier molecular flexibility index (Phi) is 13.3. The van der Waals surface area contributed by atoms with Crippen LogP contribution in [0.5, 0.6) is 0 Å². The van der Waals surface area contributed by atoms with Crippen LogP contribution in [0.25, 0.3) is 0 Å². The van der Waals surface area contributed by atoms with Gasteiger partial charge in [0.25, 0.3) is 0 Å². The van der Waals surface area contributed by atoms with E-state index < -0.39 is 6.10 Å². The first kappa shape index (κ1) is 15.5. The Bertz CT molecular complexity index is 138. The van der Waals surface area contributed by atoms with Crippen LogP contribution in [0, 0.1) is 0 Å². The second kappa shape index (κ2) is 12.0. The fraction of sp³-hybridized carbons (Fsp3) is 0.600. The average Bonchev–Trinajstić information content (AvgIpc) is 2.06. The molecule has 1 aliphatic carbocycles. The highest BCUT2D eigenvalue weighted by Gasteiger charge is 1.98. The Hall–Kier alpha value is -1.00. The third-order valence-electron chi connectivity index (χ3n) is 1.80. The van der Waals surface area contributed by atoms with Gasteiger partial charge < -0.3 is 16.3 Å². The maximum absolute atomic E-state index is 8.72. The summed E-state index contributed by atoms with van der Waals surface area (Å²) in [5.74, 6) is 4.93. The molecule has 0 amide bonds. The molecule has 84 valence electrons. The van der Waals surface area contributed by atoms with Gasteiger partial charge in [0.2, 0.25) is 0 Å². The molecule has 0 aromatic heterocycles. The van der Waals surface area contributed by atoms with E-state index in [4.69, 9.17) is 16.7 Å². The second-order valence-electron chi connectivity index (χ2n) is 2.86. The minimum atomic E-state index is -0.620. The van der Waals surface area contributed by atoms with Crippen LogP contribution in [0.4, 0.5) is 0 Å². The fourth-order valence-electron chi connectivity index (χ4n) is 0.558. The molecule has 0 aromatic rings. The Morgan fingerprint density at radius 2 is 1.71 bits per heavy atom. The first-order chi connectivity index (χ1) is 6.72. The highest BCUT2D eigenvalue weighted by molar-refractivity contribution is 4.99. The minimum absolute atomic E-state index is 0.421. The first-order valence-corrected chi connectivity index (χ1v) is 4.78. The van der Waals surface area contributed by atoms with Gasteiger partial charge in [0.15, 0.2) is 0 Å². The Morgan fingerprint density at radius 1 is 1.36 bits per heavy atom. The number of hydrogen-bond donors (Lipinski definition) is 4. The maximum atomic E-state index is 8.72. The number of aliphatic hydroxyl groups excluding tert-OH is 1. The molecular formula is C10H23N3O. The van der Waals surface area contributed by atoms with E-state index in [1.54, 1.807) is 6.92 Å². The first-order valence-electron chi connectivity index (χ1n) is 4.78. The molecule has 14 heavy (non-hydrogen) atoms. The summed E-state index contributed by atoms with van der Waals surface area (Å²) < 4.78 is 0. The summed E-state index contributed by atoms with van der Waals surface area (Å²) in [5, 5.41) is 8.72. The van der Waals surface area contributed by atoms with E-state index in [1.807, 2.05) is 0 Å². The van der Waals surface area contributed by atoms with Crippen molar-refractivity contribution in [2.75, 3.05) is 0 Å². The van der Waals surface area contributed by atoms with Crippen molar-refractivity contribution in [1.82, 2.24) is 5.43 Å². The van der Waals surface area contributed by atoms with Crippen molar-refractivity contribution in [2.24, 2.45) is 11.6 Å². The van der Waals surface area contributed by atoms with Crippen LogP contribution in [0.2, 0.25) is 0 Å². The highest BCUT2D eigenvalue weighted by atomic mass is 16.3. The standard InChI is InChI=1S/C4H11N3O.C4H8.C2H4/c1-3(8)4(2-5)7-6;1-2-4-3-1;1-2/h2-3,7-8H,5-6H2,1H3;1-4H2;1-2H2/b4-2-;;. The molecule has 0 aliphatic heterocycles. The van der Waals surface area contributed by atoms with Crippen LogP contribution < -0.4 is 17.0 Å². The predicted octanol–water partition coefficient (Wildman–Crippen LogP) is 0.993. The molecule has 1 aliphatic rings. The summed E-state index contributed by atoms with van der Waals surface area (Å²) in [4.78, 5) is 0. The highest BCUT2D eigenvalue weighted by Crippen LogP contribution is 2.15. The molecule has 1 rings (SSSR count).